The summed E-state index contributed by atoms with van der Waals surface area (Å²) in [6, 6.07) is 13.7. The summed E-state index contributed by atoms with van der Waals surface area (Å²) in [6.07, 6.45) is 0. The Kier molecular flexibility index (Phi) is 4.12. The van der Waals surface area contributed by atoms with Crippen LogP contribution >= 0.6 is 0 Å². The van der Waals surface area contributed by atoms with Gasteiger partial charge in [0.1, 0.15) is 5.82 Å². The van der Waals surface area contributed by atoms with Crippen molar-refractivity contribution in [3.8, 4) is 11.4 Å². The minimum absolute atomic E-state index is 0.206. The van der Waals surface area contributed by atoms with Crippen molar-refractivity contribution in [2.45, 2.75) is 30.7 Å². The van der Waals surface area contributed by atoms with Crippen molar-refractivity contribution >= 4 is 10.0 Å². The molecule has 27 heavy (non-hydrogen) atoms. The Hall–Kier alpha value is -2.58. The number of rotatable bonds is 5. The largest absolute Gasteiger partial charge is 0.339 e. The lowest BCUT2D eigenvalue weighted by Gasteiger charge is -2.07. The molecule has 1 N–H and O–H groups in total. The van der Waals surface area contributed by atoms with E-state index in [1.165, 1.54) is 12.1 Å². The van der Waals surface area contributed by atoms with Gasteiger partial charge in [0.25, 0.3) is 0 Å². The number of nitrogens with zero attached hydrogens (tertiary/aromatic N) is 2. The van der Waals surface area contributed by atoms with Crippen LogP contribution < -0.4 is 4.72 Å². The molecule has 0 unspecified atom stereocenters. The summed E-state index contributed by atoms with van der Waals surface area (Å²) in [5.41, 5.74) is 0.123. The summed E-state index contributed by atoms with van der Waals surface area (Å²) >= 11 is 0. The maximum atomic E-state index is 13.4. The zero-order valence-corrected chi connectivity index (χ0v) is 15.6. The maximum Gasteiger partial charge on any atom is 0.240 e. The zero-order chi connectivity index (χ0) is 19.2. The number of nitrogens with one attached hydrogen (secondary N) is 1. The van der Waals surface area contributed by atoms with E-state index in [9.17, 15) is 12.8 Å². The number of halogens is 1. The zero-order valence-electron chi connectivity index (χ0n) is 14.8. The van der Waals surface area contributed by atoms with E-state index in [0.29, 0.717) is 11.5 Å². The number of hydrogen-bond acceptors (Lipinski definition) is 5. The molecule has 0 amide bonds. The molecular formula is C19H18FN3O3S. The van der Waals surface area contributed by atoms with Crippen LogP contribution in [0.3, 0.4) is 0 Å². The molecule has 0 spiro atoms. The van der Waals surface area contributed by atoms with E-state index >= 15 is 0 Å². The van der Waals surface area contributed by atoms with Crippen LogP contribution in [-0.4, -0.2) is 24.6 Å². The van der Waals surface area contributed by atoms with Crippen LogP contribution in [0.4, 0.5) is 4.39 Å². The van der Waals surface area contributed by atoms with Gasteiger partial charge in [0.2, 0.25) is 21.7 Å². The molecule has 1 fully saturated rings. The van der Waals surface area contributed by atoms with Crippen LogP contribution in [0, 0.1) is 11.2 Å². The number of hydrogen-bond donors (Lipinski definition) is 1. The highest BCUT2D eigenvalue weighted by Gasteiger charge is 2.63. The standard InChI is InChI=1S/C19H18FN3O3S/c1-19(2)15(16(19)23-27(24,25)14-9-4-3-5-10-14)18-21-17(22-26-18)12-7-6-8-13(20)11-12/h3-11,15-16,23H,1-2H3/t15-,16-/m1/s1. The quantitative estimate of drug-likeness (QED) is 0.726. The van der Waals surface area contributed by atoms with E-state index in [4.69, 9.17) is 4.52 Å². The molecule has 6 nitrogen and oxygen atoms in total. The maximum absolute atomic E-state index is 13.4. The highest BCUT2D eigenvalue weighted by atomic mass is 32.2. The van der Waals surface area contributed by atoms with Crippen LogP contribution in [0.5, 0.6) is 0 Å². The SMILES string of the molecule is CC1(C)[C@H](NS(=O)(=O)c2ccccc2)[C@@H]1c1nc(-c2cccc(F)c2)no1. The molecule has 0 saturated heterocycles. The van der Waals surface area contributed by atoms with Gasteiger partial charge in [-0.25, -0.2) is 17.5 Å². The average Bonchev–Trinajstić information content (AvgIpc) is 2.99. The van der Waals surface area contributed by atoms with Gasteiger partial charge >= 0.3 is 0 Å². The molecule has 1 heterocycles. The topological polar surface area (TPSA) is 85.1 Å². The molecule has 2 atom stereocenters. The Bertz CT molecular complexity index is 1080. The molecule has 1 aromatic heterocycles. The van der Waals surface area contributed by atoms with E-state index in [0.717, 1.165) is 0 Å². The smallest absolute Gasteiger partial charge is 0.240 e. The lowest BCUT2D eigenvalue weighted by Crippen LogP contribution is -2.29. The van der Waals surface area contributed by atoms with Crippen molar-refractivity contribution in [2.75, 3.05) is 0 Å². The summed E-state index contributed by atoms with van der Waals surface area (Å²) < 4.78 is 46.7. The van der Waals surface area contributed by atoms with Crippen molar-refractivity contribution in [3.05, 3.63) is 66.3 Å². The highest BCUT2D eigenvalue weighted by Crippen LogP contribution is 2.58. The van der Waals surface area contributed by atoms with Gasteiger partial charge < -0.3 is 4.52 Å². The monoisotopic (exact) mass is 387 g/mol. The summed E-state index contributed by atoms with van der Waals surface area (Å²) in [5.74, 6) is -0.0400. The van der Waals surface area contributed by atoms with Crippen LogP contribution in [0.25, 0.3) is 11.4 Å². The third kappa shape index (κ3) is 3.26. The van der Waals surface area contributed by atoms with E-state index < -0.39 is 10.0 Å². The Morgan fingerprint density at radius 2 is 1.85 bits per heavy atom. The molecule has 8 heteroatoms. The fourth-order valence-electron chi connectivity index (χ4n) is 3.26. The van der Waals surface area contributed by atoms with Gasteiger partial charge in [-0.1, -0.05) is 49.3 Å². The van der Waals surface area contributed by atoms with Gasteiger partial charge in [-0.05, 0) is 29.7 Å². The van der Waals surface area contributed by atoms with Crippen molar-refractivity contribution in [1.82, 2.24) is 14.9 Å². The molecule has 1 saturated carbocycles. The van der Waals surface area contributed by atoms with Gasteiger partial charge in [-0.3, -0.25) is 0 Å². The second-order valence-corrected chi connectivity index (χ2v) is 8.89. The molecule has 0 aliphatic heterocycles. The summed E-state index contributed by atoms with van der Waals surface area (Å²) in [4.78, 5) is 4.56. The Morgan fingerprint density at radius 1 is 1.11 bits per heavy atom. The van der Waals surface area contributed by atoms with Gasteiger partial charge in [0.15, 0.2) is 0 Å². The lowest BCUT2D eigenvalue weighted by atomic mass is 10.1. The highest BCUT2D eigenvalue weighted by molar-refractivity contribution is 7.89. The summed E-state index contributed by atoms with van der Waals surface area (Å²) in [5, 5.41) is 3.91. The third-order valence-electron chi connectivity index (χ3n) is 4.95. The van der Waals surface area contributed by atoms with Gasteiger partial charge in [-0.15, -0.1) is 0 Å². The lowest BCUT2D eigenvalue weighted by molar-refractivity contribution is 0.368. The number of aromatic nitrogens is 2. The van der Waals surface area contributed by atoms with Crippen LogP contribution in [0.15, 0.2) is 64.0 Å². The minimum atomic E-state index is -3.65. The van der Waals surface area contributed by atoms with Crippen LogP contribution in [0.2, 0.25) is 0 Å². The molecule has 1 aliphatic carbocycles. The molecule has 2 aromatic carbocycles. The first kappa shape index (κ1) is 17.8. The van der Waals surface area contributed by atoms with Crippen molar-refractivity contribution in [1.29, 1.82) is 0 Å². The second kappa shape index (κ2) is 6.24. The average molecular weight is 387 g/mol. The van der Waals surface area contributed by atoms with Gasteiger partial charge in [-0.2, -0.15) is 4.98 Å². The first-order valence-corrected chi connectivity index (χ1v) is 9.94. The molecule has 140 valence electrons. The van der Waals surface area contributed by atoms with Crippen molar-refractivity contribution < 1.29 is 17.3 Å². The second-order valence-electron chi connectivity index (χ2n) is 7.18. The first-order valence-electron chi connectivity index (χ1n) is 8.46. The fraction of sp³-hybridized carbons (Fsp3) is 0.263. The Balaban J connectivity index is 1.57. The molecule has 1 aliphatic rings. The fourth-order valence-corrected chi connectivity index (χ4v) is 4.69. The van der Waals surface area contributed by atoms with Gasteiger partial charge in [0.05, 0.1) is 10.8 Å². The minimum Gasteiger partial charge on any atom is -0.339 e. The predicted octanol–water partition coefficient (Wildman–Crippen LogP) is 3.35. The predicted molar refractivity (Wildman–Crippen MR) is 96.8 cm³/mol. The summed E-state index contributed by atoms with van der Waals surface area (Å²) in [7, 11) is -3.65. The van der Waals surface area contributed by atoms with Crippen molar-refractivity contribution in [2.24, 2.45) is 5.41 Å². The van der Waals surface area contributed by atoms with Crippen molar-refractivity contribution in [3.63, 3.8) is 0 Å². The van der Waals surface area contributed by atoms with Gasteiger partial charge in [0, 0.05) is 11.6 Å². The number of benzene rings is 2. The Morgan fingerprint density at radius 3 is 2.56 bits per heavy atom. The van der Waals surface area contributed by atoms with Crippen LogP contribution in [0.1, 0.15) is 25.7 Å². The van der Waals surface area contributed by atoms with Crippen LogP contribution in [-0.2, 0) is 10.0 Å². The third-order valence-corrected chi connectivity index (χ3v) is 6.41. The number of sulfonamides is 1. The van der Waals surface area contributed by atoms with E-state index in [1.54, 1.807) is 42.5 Å². The van der Waals surface area contributed by atoms with E-state index in [-0.39, 0.29) is 33.9 Å². The molecular weight excluding hydrogens is 369 g/mol. The Labute approximate surface area is 156 Å². The molecule has 0 radical (unpaired) electrons. The summed E-state index contributed by atoms with van der Waals surface area (Å²) in [6.45, 7) is 3.86. The van der Waals surface area contributed by atoms with E-state index in [1.807, 2.05) is 13.8 Å². The molecule has 3 aromatic rings. The first-order chi connectivity index (χ1) is 12.8. The normalized spacial score (nSPS) is 21.1. The molecule has 4 rings (SSSR count). The molecule has 0 bridgehead atoms. The van der Waals surface area contributed by atoms with E-state index in [2.05, 4.69) is 14.9 Å².